The highest BCUT2D eigenvalue weighted by Crippen LogP contribution is 2.42. The Hall–Kier alpha value is -2.98. The van der Waals surface area contributed by atoms with Crippen molar-refractivity contribution in [2.45, 2.75) is 18.5 Å². The molecule has 1 aromatic heterocycles. The number of fused-ring (bicyclic) bond motifs is 3. The van der Waals surface area contributed by atoms with E-state index >= 15 is 0 Å². The number of anilines is 1. The van der Waals surface area contributed by atoms with E-state index in [9.17, 15) is 0 Å². The van der Waals surface area contributed by atoms with Crippen molar-refractivity contribution in [3.63, 3.8) is 0 Å². The lowest BCUT2D eigenvalue weighted by Gasteiger charge is -2.34. The van der Waals surface area contributed by atoms with Crippen LogP contribution in [0.3, 0.4) is 0 Å². The summed E-state index contributed by atoms with van der Waals surface area (Å²) in [4.78, 5) is 4.85. The van der Waals surface area contributed by atoms with Crippen molar-refractivity contribution in [1.29, 1.82) is 0 Å². The molecule has 3 aromatic carbocycles. The monoisotopic (exact) mass is 389 g/mol. The summed E-state index contributed by atoms with van der Waals surface area (Å²) in [6.45, 7) is 0. The summed E-state index contributed by atoms with van der Waals surface area (Å²) in [5, 5.41) is 4.38. The van der Waals surface area contributed by atoms with Crippen LogP contribution >= 0.6 is 11.6 Å². The Morgan fingerprint density at radius 1 is 1.00 bits per heavy atom. The lowest BCUT2D eigenvalue weighted by Crippen LogP contribution is -2.27. The van der Waals surface area contributed by atoms with Gasteiger partial charge in [-0.1, -0.05) is 54.1 Å². The van der Waals surface area contributed by atoms with Gasteiger partial charge >= 0.3 is 0 Å². The Balaban J connectivity index is 1.66. The third kappa shape index (κ3) is 2.81. The molecule has 0 radical (unpaired) electrons. The normalized spacial score (nSPS) is 18.5. The number of hydrogen-bond acceptors (Lipinski definition) is 3. The molecule has 5 rings (SSSR count). The van der Waals surface area contributed by atoms with Crippen LogP contribution in [0.2, 0.25) is 5.02 Å². The first-order valence-corrected chi connectivity index (χ1v) is 9.74. The molecule has 0 saturated carbocycles. The van der Waals surface area contributed by atoms with E-state index in [1.165, 1.54) is 5.56 Å². The van der Waals surface area contributed by atoms with E-state index in [4.69, 9.17) is 21.3 Å². The highest BCUT2D eigenvalue weighted by molar-refractivity contribution is 6.31. The molecule has 2 atom stereocenters. The fourth-order valence-corrected chi connectivity index (χ4v) is 4.35. The standard InChI is InChI=1S/C23H20ClN3O/c1-28-16-12-10-15(11-13-16)22-14-20(17-6-2-3-7-18(17)24)26-23-25-19-8-4-5-9-21(19)27(22)23/h2-13,20,22H,14H2,1H3,(H,25,26)/t20-,22-/m1/s1. The van der Waals surface area contributed by atoms with Crippen molar-refractivity contribution >= 4 is 28.6 Å². The van der Waals surface area contributed by atoms with Gasteiger partial charge in [0.25, 0.3) is 0 Å². The molecule has 0 bridgehead atoms. The Morgan fingerprint density at radius 2 is 1.75 bits per heavy atom. The molecule has 1 N–H and O–H groups in total. The molecule has 0 aliphatic carbocycles. The second-order valence-corrected chi connectivity index (χ2v) is 7.44. The molecule has 4 nitrogen and oxygen atoms in total. The number of ether oxygens (including phenoxy) is 1. The van der Waals surface area contributed by atoms with Crippen LogP contribution in [0, 0.1) is 0 Å². The predicted molar refractivity (Wildman–Crippen MR) is 113 cm³/mol. The van der Waals surface area contributed by atoms with Gasteiger partial charge in [-0.25, -0.2) is 4.98 Å². The van der Waals surface area contributed by atoms with Crippen molar-refractivity contribution in [3.8, 4) is 5.75 Å². The van der Waals surface area contributed by atoms with Gasteiger partial charge in [-0.15, -0.1) is 0 Å². The van der Waals surface area contributed by atoms with Crippen molar-refractivity contribution in [3.05, 3.63) is 88.9 Å². The second-order valence-electron chi connectivity index (χ2n) is 7.04. The second kappa shape index (κ2) is 6.88. The number of nitrogens with one attached hydrogen (secondary N) is 1. The van der Waals surface area contributed by atoms with Crippen molar-refractivity contribution in [2.75, 3.05) is 12.4 Å². The van der Waals surface area contributed by atoms with Crippen LogP contribution in [0.15, 0.2) is 72.8 Å². The van der Waals surface area contributed by atoms with E-state index in [2.05, 4.69) is 46.3 Å². The average molecular weight is 390 g/mol. The van der Waals surface area contributed by atoms with Crippen LogP contribution < -0.4 is 10.1 Å². The molecular formula is C23H20ClN3O. The first kappa shape index (κ1) is 17.1. The molecule has 1 aliphatic rings. The van der Waals surface area contributed by atoms with Gasteiger partial charge in [-0.05, 0) is 47.9 Å². The minimum atomic E-state index is 0.0881. The van der Waals surface area contributed by atoms with Crippen LogP contribution in [0.5, 0.6) is 5.75 Å². The van der Waals surface area contributed by atoms with Crippen LogP contribution in [0.25, 0.3) is 11.0 Å². The molecular weight excluding hydrogens is 370 g/mol. The summed E-state index contributed by atoms with van der Waals surface area (Å²) in [5.74, 6) is 1.73. The number of methoxy groups -OCH3 is 1. The van der Waals surface area contributed by atoms with Gasteiger partial charge < -0.3 is 14.6 Å². The zero-order valence-electron chi connectivity index (χ0n) is 15.5. The molecule has 0 spiro atoms. The number of nitrogens with zero attached hydrogens (tertiary/aromatic N) is 2. The maximum atomic E-state index is 6.51. The minimum absolute atomic E-state index is 0.0881. The number of para-hydroxylation sites is 2. The van der Waals surface area contributed by atoms with E-state index in [-0.39, 0.29) is 12.1 Å². The number of hydrogen-bond donors (Lipinski definition) is 1. The molecule has 2 heterocycles. The van der Waals surface area contributed by atoms with E-state index in [0.29, 0.717) is 0 Å². The molecule has 0 amide bonds. The highest BCUT2D eigenvalue weighted by Gasteiger charge is 2.31. The maximum Gasteiger partial charge on any atom is 0.204 e. The van der Waals surface area contributed by atoms with Crippen molar-refractivity contribution < 1.29 is 4.74 Å². The van der Waals surface area contributed by atoms with Crippen LogP contribution in [0.4, 0.5) is 5.95 Å². The van der Waals surface area contributed by atoms with E-state index in [1.807, 2.05) is 36.4 Å². The summed E-state index contributed by atoms with van der Waals surface area (Å²) < 4.78 is 7.63. The average Bonchev–Trinajstić information content (AvgIpc) is 3.12. The van der Waals surface area contributed by atoms with Crippen LogP contribution in [-0.4, -0.2) is 16.7 Å². The number of benzene rings is 3. The lowest BCUT2D eigenvalue weighted by atomic mass is 9.92. The molecule has 0 unspecified atom stereocenters. The molecule has 0 saturated heterocycles. The Morgan fingerprint density at radius 3 is 2.54 bits per heavy atom. The Labute approximate surface area is 168 Å². The number of aromatic nitrogens is 2. The fourth-order valence-electron chi connectivity index (χ4n) is 4.08. The van der Waals surface area contributed by atoms with Gasteiger partial charge in [0.15, 0.2) is 0 Å². The highest BCUT2D eigenvalue weighted by atomic mass is 35.5. The largest absolute Gasteiger partial charge is 0.497 e. The van der Waals surface area contributed by atoms with Crippen LogP contribution in [-0.2, 0) is 0 Å². The summed E-state index contributed by atoms with van der Waals surface area (Å²) in [7, 11) is 1.69. The first-order chi connectivity index (χ1) is 13.7. The Bertz CT molecular complexity index is 1140. The SMILES string of the molecule is COc1ccc([C@H]2C[C@H](c3ccccc3Cl)Nc3nc4ccccc4n32)cc1. The number of halogens is 1. The van der Waals surface area contributed by atoms with Gasteiger partial charge in [0.1, 0.15) is 5.75 Å². The van der Waals surface area contributed by atoms with E-state index in [0.717, 1.165) is 39.7 Å². The molecule has 28 heavy (non-hydrogen) atoms. The third-order valence-corrected chi connectivity index (χ3v) is 5.80. The maximum absolute atomic E-state index is 6.51. The molecule has 5 heteroatoms. The summed E-state index contributed by atoms with van der Waals surface area (Å²) in [5.41, 5.74) is 4.44. The number of rotatable bonds is 3. The summed E-state index contributed by atoms with van der Waals surface area (Å²) in [6, 6.07) is 24.8. The van der Waals surface area contributed by atoms with Gasteiger partial charge in [0, 0.05) is 5.02 Å². The number of imidazole rings is 1. The van der Waals surface area contributed by atoms with Crippen molar-refractivity contribution in [2.24, 2.45) is 0 Å². The van der Waals surface area contributed by atoms with Gasteiger partial charge in [-0.2, -0.15) is 0 Å². The predicted octanol–water partition coefficient (Wildman–Crippen LogP) is 5.84. The fraction of sp³-hybridized carbons (Fsp3) is 0.174. The summed E-state index contributed by atoms with van der Waals surface area (Å²) in [6.07, 6.45) is 0.878. The Kier molecular flexibility index (Phi) is 4.21. The van der Waals surface area contributed by atoms with Crippen molar-refractivity contribution in [1.82, 2.24) is 9.55 Å². The van der Waals surface area contributed by atoms with E-state index in [1.54, 1.807) is 7.11 Å². The zero-order chi connectivity index (χ0) is 19.1. The molecule has 140 valence electrons. The molecule has 0 fully saturated rings. The molecule has 4 aromatic rings. The van der Waals surface area contributed by atoms with E-state index < -0.39 is 0 Å². The molecule has 1 aliphatic heterocycles. The van der Waals surface area contributed by atoms with Gasteiger partial charge in [-0.3, -0.25) is 0 Å². The first-order valence-electron chi connectivity index (χ1n) is 9.36. The quantitative estimate of drug-likeness (QED) is 0.478. The third-order valence-electron chi connectivity index (χ3n) is 5.45. The van der Waals surface area contributed by atoms with Crippen LogP contribution in [0.1, 0.15) is 29.6 Å². The minimum Gasteiger partial charge on any atom is -0.497 e. The van der Waals surface area contributed by atoms with Gasteiger partial charge in [0.2, 0.25) is 5.95 Å². The van der Waals surface area contributed by atoms with Gasteiger partial charge in [0.05, 0.1) is 30.2 Å². The zero-order valence-corrected chi connectivity index (χ0v) is 16.2. The topological polar surface area (TPSA) is 39.1 Å². The smallest absolute Gasteiger partial charge is 0.204 e. The summed E-state index contributed by atoms with van der Waals surface area (Å²) >= 11 is 6.51. The lowest BCUT2D eigenvalue weighted by molar-refractivity contribution is 0.414.